The van der Waals surface area contributed by atoms with E-state index in [1.807, 2.05) is 25.3 Å². The summed E-state index contributed by atoms with van der Waals surface area (Å²) in [6.07, 6.45) is 4.41. The van der Waals surface area contributed by atoms with Crippen molar-refractivity contribution in [3.05, 3.63) is 83.2 Å². The fraction of sp³-hybridized carbons (Fsp3) is 0.273. The summed E-state index contributed by atoms with van der Waals surface area (Å²) in [6.45, 7) is 3.29. The van der Waals surface area contributed by atoms with Gasteiger partial charge in [-0.3, -0.25) is 4.79 Å². The van der Waals surface area contributed by atoms with Crippen LogP contribution in [0.1, 0.15) is 33.8 Å². The predicted molar refractivity (Wildman–Crippen MR) is 106 cm³/mol. The number of hydrogen-bond donors (Lipinski definition) is 2. The Labute approximate surface area is 167 Å². The minimum absolute atomic E-state index is 0.0818. The smallest absolute Gasteiger partial charge is 0.251 e. The molecule has 1 saturated heterocycles. The van der Waals surface area contributed by atoms with Gasteiger partial charge in [-0.15, -0.1) is 0 Å². The number of benzene rings is 2. The molecule has 0 radical (unpaired) electrons. The van der Waals surface area contributed by atoms with E-state index in [1.54, 1.807) is 29.1 Å². The van der Waals surface area contributed by atoms with Gasteiger partial charge in [0.05, 0.1) is 11.9 Å². The van der Waals surface area contributed by atoms with E-state index >= 15 is 0 Å². The highest BCUT2D eigenvalue weighted by atomic mass is 19.2. The monoisotopic (exact) mass is 396 g/mol. The van der Waals surface area contributed by atoms with Crippen molar-refractivity contribution in [2.45, 2.75) is 25.3 Å². The first kappa shape index (κ1) is 19.3. The summed E-state index contributed by atoms with van der Waals surface area (Å²) in [6, 6.07) is 10.9. The minimum atomic E-state index is -0.865. The summed E-state index contributed by atoms with van der Waals surface area (Å²) >= 11 is 0. The lowest BCUT2D eigenvalue weighted by Crippen LogP contribution is -2.50. The molecule has 2 atom stereocenters. The molecule has 5 nitrogen and oxygen atoms in total. The van der Waals surface area contributed by atoms with Crippen molar-refractivity contribution in [1.82, 2.24) is 20.4 Å². The van der Waals surface area contributed by atoms with Gasteiger partial charge in [-0.1, -0.05) is 6.07 Å². The molecule has 2 N–H and O–H groups in total. The number of piperidine rings is 1. The highest BCUT2D eigenvalue weighted by Gasteiger charge is 2.28. The molecular weight excluding hydrogens is 374 g/mol. The van der Waals surface area contributed by atoms with Crippen LogP contribution in [0.15, 0.2) is 54.9 Å². The van der Waals surface area contributed by atoms with Gasteiger partial charge in [0.25, 0.3) is 5.91 Å². The minimum Gasteiger partial charge on any atom is -0.347 e. The van der Waals surface area contributed by atoms with Crippen LogP contribution in [0.4, 0.5) is 8.78 Å². The van der Waals surface area contributed by atoms with E-state index in [-0.39, 0.29) is 17.9 Å². The van der Waals surface area contributed by atoms with E-state index < -0.39 is 11.6 Å². The highest BCUT2D eigenvalue weighted by molar-refractivity contribution is 5.94. The van der Waals surface area contributed by atoms with Crippen LogP contribution < -0.4 is 10.6 Å². The molecule has 1 aliphatic rings. The molecule has 1 aliphatic heterocycles. The zero-order valence-electron chi connectivity index (χ0n) is 16.0. The molecule has 1 aromatic heterocycles. The zero-order chi connectivity index (χ0) is 20.4. The second-order valence-electron chi connectivity index (χ2n) is 7.36. The molecule has 0 aliphatic carbocycles. The molecule has 1 amide bonds. The number of carbonyl (C=O) groups excluding carboxylic acids is 1. The average Bonchev–Trinajstić information content (AvgIpc) is 3.17. The standard InChI is InChI=1S/C22H22F2N4O/c1-14-11-26-28(13-14)17-5-2-15(3-6-17)22(29)27-21-12-25-9-8-18(21)16-4-7-19(23)20(24)10-16/h2-7,10-11,13,18,21,25H,8-9,12H2,1H3,(H,27,29)/t18-,21-/m1/s1. The van der Waals surface area contributed by atoms with Gasteiger partial charge in [0.2, 0.25) is 0 Å². The Morgan fingerprint density at radius 3 is 2.66 bits per heavy atom. The van der Waals surface area contributed by atoms with E-state index in [0.717, 1.165) is 30.3 Å². The Kier molecular flexibility index (Phi) is 5.40. The van der Waals surface area contributed by atoms with Crippen LogP contribution in [0, 0.1) is 18.6 Å². The second-order valence-corrected chi connectivity index (χ2v) is 7.36. The van der Waals surface area contributed by atoms with Crippen molar-refractivity contribution in [2.75, 3.05) is 13.1 Å². The average molecular weight is 396 g/mol. The van der Waals surface area contributed by atoms with Gasteiger partial charge in [-0.25, -0.2) is 13.5 Å². The topological polar surface area (TPSA) is 59.0 Å². The number of nitrogens with one attached hydrogen (secondary N) is 2. The SMILES string of the molecule is Cc1cnn(-c2ccc(C(=O)N[C@@H]3CNCC[C@@H]3c3ccc(F)c(F)c3)cc2)c1. The van der Waals surface area contributed by atoms with E-state index in [1.165, 1.54) is 6.07 Å². The van der Waals surface area contributed by atoms with Crippen molar-refractivity contribution in [1.29, 1.82) is 0 Å². The van der Waals surface area contributed by atoms with Gasteiger partial charge in [0.1, 0.15) is 0 Å². The van der Waals surface area contributed by atoms with Gasteiger partial charge in [-0.2, -0.15) is 5.10 Å². The van der Waals surface area contributed by atoms with Crippen molar-refractivity contribution in [2.24, 2.45) is 0 Å². The second kappa shape index (κ2) is 8.13. The third-order valence-corrected chi connectivity index (χ3v) is 5.28. The molecule has 150 valence electrons. The molecule has 0 saturated carbocycles. The van der Waals surface area contributed by atoms with Crippen molar-refractivity contribution < 1.29 is 13.6 Å². The molecule has 2 heterocycles. The summed E-state index contributed by atoms with van der Waals surface area (Å²) in [5.74, 6) is -2.01. The lowest BCUT2D eigenvalue weighted by molar-refractivity contribution is 0.0924. The largest absolute Gasteiger partial charge is 0.347 e. The molecule has 1 fully saturated rings. The Morgan fingerprint density at radius 2 is 1.97 bits per heavy atom. The third-order valence-electron chi connectivity index (χ3n) is 5.28. The maximum Gasteiger partial charge on any atom is 0.251 e. The van der Waals surface area contributed by atoms with Gasteiger partial charge in [0.15, 0.2) is 11.6 Å². The first-order valence-corrected chi connectivity index (χ1v) is 9.59. The van der Waals surface area contributed by atoms with E-state index in [0.29, 0.717) is 17.7 Å². The molecule has 7 heteroatoms. The van der Waals surface area contributed by atoms with Crippen LogP contribution in [0.25, 0.3) is 5.69 Å². The molecule has 0 bridgehead atoms. The van der Waals surface area contributed by atoms with Crippen LogP contribution in [0.2, 0.25) is 0 Å². The number of aryl methyl sites for hydroxylation is 1. The summed E-state index contributed by atoms with van der Waals surface area (Å²) in [5.41, 5.74) is 3.15. The maximum absolute atomic E-state index is 13.7. The van der Waals surface area contributed by atoms with Crippen LogP contribution in [0.3, 0.4) is 0 Å². The number of aromatic nitrogens is 2. The number of carbonyl (C=O) groups is 1. The Hall–Kier alpha value is -3.06. The number of halogens is 2. The number of hydrogen-bond acceptors (Lipinski definition) is 3. The predicted octanol–water partition coefficient (Wildman–Crippen LogP) is 3.33. The number of rotatable bonds is 4. The molecule has 2 aromatic carbocycles. The molecule has 0 spiro atoms. The first-order chi connectivity index (χ1) is 14.0. The fourth-order valence-electron chi connectivity index (χ4n) is 3.72. The van der Waals surface area contributed by atoms with Crippen LogP contribution in [-0.2, 0) is 0 Å². The summed E-state index contributed by atoms with van der Waals surface area (Å²) in [5, 5.41) is 10.6. The van der Waals surface area contributed by atoms with Crippen molar-refractivity contribution in [3.8, 4) is 5.69 Å². The van der Waals surface area contributed by atoms with E-state index in [2.05, 4.69) is 15.7 Å². The lowest BCUT2D eigenvalue weighted by atomic mass is 9.85. The van der Waals surface area contributed by atoms with E-state index in [4.69, 9.17) is 0 Å². The zero-order valence-corrected chi connectivity index (χ0v) is 16.0. The molecular formula is C22H22F2N4O. The first-order valence-electron chi connectivity index (χ1n) is 9.59. The Bertz CT molecular complexity index is 1020. The summed E-state index contributed by atoms with van der Waals surface area (Å²) in [4.78, 5) is 12.8. The molecule has 29 heavy (non-hydrogen) atoms. The number of nitrogens with zero attached hydrogens (tertiary/aromatic N) is 2. The van der Waals surface area contributed by atoms with Crippen molar-refractivity contribution >= 4 is 5.91 Å². The van der Waals surface area contributed by atoms with Gasteiger partial charge in [-0.05, 0) is 67.4 Å². The number of amides is 1. The third kappa shape index (κ3) is 4.19. The molecule has 4 rings (SSSR count). The molecule has 0 unspecified atom stereocenters. The summed E-state index contributed by atoms with van der Waals surface area (Å²) in [7, 11) is 0. The van der Waals surface area contributed by atoms with Crippen LogP contribution >= 0.6 is 0 Å². The van der Waals surface area contributed by atoms with E-state index in [9.17, 15) is 13.6 Å². The Morgan fingerprint density at radius 1 is 1.17 bits per heavy atom. The van der Waals surface area contributed by atoms with Gasteiger partial charge < -0.3 is 10.6 Å². The molecule has 3 aromatic rings. The van der Waals surface area contributed by atoms with Crippen molar-refractivity contribution in [3.63, 3.8) is 0 Å². The fourth-order valence-corrected chi connectivity index (χ4v) is 3.72. The highest BCUT2D eigenvalue weighted by Crippen LogP contribution is 2.27. The summed E-state index contributed by atoms with van der Waals surface area (Å²) < 4.78 is 28.7. The van der Waals surface area contributed by atoms with Crippen LogP contribution in [-0.4, -0.2) is 34.8 Å². The van der Waals surface area contributed by atoms with Crippen LogP contribution in [0.5, 0.6) is 0 Å². The quantitative estimate of drug-likeness (QED) is 0.711. The Balaban J connectivity index is 1.49. The van der Waals surface area contributed by atoms with Gasteiger partial charge in [0, 0.05) is 30.3 Å². The maximum atomic E-state index is 13.7. The lowest BCUT2D eigenvalue weighted by Gasteiger charge is -2.33. The van der Waals surface area contributed by atoms with Gasteiger partial charge >= 0.3 is 0 Å². The normalized spacial score (nSPS) is 19.1.